The van der Waals surface area contributed by atoms with Crippen molar-refractivity contribution in [2.45, 2.75) is 0 Å². The molecule has 2 heterocycles. The lowest BCUT2D eigenvalue weighted by molar-refractivity contribution is -0.111. The fourth-order valence-corrected chi connectivity index (χ4v) is 4.88. The van der Waals surface area contributed by atoms with Crippen molar-refractivity contribution in [1.29, 1.82) is 0 Å². The number of halogens is 2. The van der Waals surface area contributed by atoms with Gasteiger partial charge in [0.1, 0.15) is 10.8 Å². The first-order valence-corrected chi connectivity index (χ1v) is 10.4. The monoisotopic (exact) mass is 502 g/mol. The van der Waals surface area contributed by atoms with Gasteiger partial charge in [-0.1, -0.05) is 28.1 Å². The zero-order chi connectivity index (χ0) is 18.8. The molecule has 0 radical (unpaired) electrons. The molecular weight excluding hydrogens is 492 g/mol. The van der Waals surface area contributed by atoms with Gasteiger partial charge < -0.3 is 9.73 Å². The summed E-state index contributed by atoms with van der Waals surface area (Å²) in [6.45, 7) is 0. The second-order valence-electron chi connectivity index (χ2n) is 5.63. The van der Waals surface area contributed by atoms with E-state index >= 15 is 0 Å². The van der Waals surface area contributed by atoms with Crippen LogP contribution in [0.25, 0.3) is 26.9 Å². The second-order valence-corrected chi connectivity index (χ2v) is 8.44. The van der Waals surface area contributed by atoms with Crippen LogP contribution in [0.4, 0.5) is 5.69 Å². The van der Waals surface area contributed by atoms with E-state index in [0.717, 1.165) is 29.7 Å². The summed E-state index contributed by atoms with van der Waals surface area (Å²) in [4.78, 5) is 17.1. The number of carbonyl (C=O) groups excluding carboxylic acids is 1. The SMILES string of the molecule is O=C(/C=C/c1ccco1)Nc1c(Br)cc(Br)cc1-c1nc2ccccc2s1. The van der Waals surface area contributed by atoms with Crippen LogP contribution < -0.4 is 5.32 Å². The maximum Gasteiger partial charge on any atom is 0.248 e. The van der Waals surface area contributed by atoms with Crippen molar-refractivity contribution in [2.75, 3.05) is 5.32 Å². The van der Waals surface area contributed by atoms with Gasteiger partial charge in [0.05, 0.1) is 22.2 Å². The smallest absolute Gasteiger partial charge is 0.248 e. The number of nitrogens with zero attached hydrogens (tertiary/aromatic N) is 1. The molecule has 0 aliphatic heterocycles. The number of fused-ring (bicyclic) bond motifs is 1. The van der Waals surface area contributed by atoms with Gasteiger partial charge in [0.15, 0.2) is 0 Å². The first kappa shape index (κ1) is 18.2. The fourth-order valence-electron chi connectivity index (χ4n) is 2.57. The number of thiazole rings is 1. The summed E-state index contributed by atoms with van der Waals surface area (Å²) in [7, 11) is 0. The summed E-state index contributed by atoms with van der Waals surface area (Å²) in [5.41, 5.74) is 2.45. The maximum absolute atomic E-state index is 12.4. The Bertz CT molecular complexity index is 1120. The van der Waals surface area contributed by atoms with Crippen LogP contribution in [0.1, 0.15) is 5.76 Å². The molecule has 0 spiro atoms. The molecule has 0 aliphatic carbocycles. The summed E-state index contributed by atoms with van der Waals surface area (Å²) in [5.74, 6) is 0.364. The molecule has 2 aromatic carbocycles. The second kappa shape index (κ2) is 7.80. The van der Waals surface area contributed by atoms with Gasteiger partial charge >= 0.3 is 0 Å². The Morgan fingerprint density at radius 1 is 1.15 bits per heavy atom. The molecule has 0 saturated heterocycles. The Hall–Kier alpha value is -2.22. The van der Waals surface area contributed by atoms with E-state index in [0.29, 0.717) is 11.4 Å². The van der Waals surface area contributed by atoms with Crippen LogP contribution in [0.2, 0.25) is 0 Å². The summed E-state index contributed by atoms with van der Waals surface area (Å²) in [6.07, 6.45) is 4.63. The molecule has 4 nitrogen and oxygen atoms in total. The number of benzene rings is 2. The van der Waals surface area contributed by atoms with Gasteiger partial charge in [-0.05, 0) is 58.4 Å². The number of nitrogens with one attached hydrogen (secondary N) is 1. The minimum Gasteiger partial charge on any atom is -0.465 e. The maximum atomic E-state index is 12.4. The van der Waals surface area contributed by atoms with E-state index in [9.17, 15) is 4.79 Å². The standard InChI is InChI=1S/C20H12Br2N2O2S/c21-12-10-14(20-23-16-5-1-2-6-17(16)27-20)19(15(22)11-12)24-18(25)8-7-13-4-3-9-26-13/h1-11H,(H,24,25)/b8-7+. The zero-order valence-electron chi connectivity index (χ0n) is 13.8. The van der Waals surface area contributed by atoms with Gasteiger partial charge in [0.25, 0.3) is 0 Å². The lowest BCUT2D eigenvalue weighted by atomic mass is 10.2. The number of hydrogen-bond acceptors (Lipinski definition) is 4. The van der Waals surface area contributed by atoms with Gasteiger partial charge in [-0.15, -0.1) is 11.3 Å². The molecule has 0 atom stereocenters. The molecule has 27 heavy (non-hydrogen) atoms. The quantitative estimate of drug-likeness (QED) is 0.314. The lowest BCUT2D eigenvalue weighted by Gasteiger charge is -2.11. The summed E-state index contributed by atoms with van der Waals surface area (Å²) in [5, 5.41) is 3.78. The third-order valence-corrected chi connectivity index (χ3v) is 5.92. The van der Waals surface area contributed by atoms with Gasteiger partial charge in [0, 0.05) is 20.6 Å². The number of aromatic nitrogens is 1. The number of amides is 1. The molecule has 0 unspecified atom stereocenters. The van der Waals surface area contributed by atoms with Crippen molar-refractivity contribution >= 4 is 71.1 Å². The molecule has 134 valence electrons. The Morgan fingerprint density at radius 3 is 2.78 bits per heavy atom. The Morgan fingerprint density at radius 2 is 2.00 bits per heavy atom. The Kier molecular flexibility index (Phi) is 5.24. The fraction of sp³-hybridized carbons (Fsp3) is 0. The number of carbonyl (C=O) groups is 1. The highest BCUT2D eigenvalue weighted by Gasteiger charge is 2.16. The summed E-state index contributed by atoms with van der Waals surface area (Å²) in [6, 6.07) is 15.4. The van der Waals surface area contributed by atoms with Crippen LogP contribution in [0.15, 0.2) is 74.2 Å². The van der Waals surface area contributed by atoms with Crippen LogP contribution in [0, 0.1) is 0 Å². The normalized spacial score (nSPS) is 11.3. The van der Waals surface area contributed by atoms with Gasteiger partial charge in [0.2, 0.25) is 5.91 Å². The minimum atomic E-state index is -0.253. The predicted octanol–water partition coefficient (Wildman–Crippen LogP) is 6.73. The van der Waals surface area contributed by atoms with E-state index in [-0.39, 0.29) is 5.91 Å². The third-order valence-electron chi connectivity index (χ3n) is 3.77. The van der Waals surface area contributed by atoms with E-state index in [1.807, 2.05) is 36.4 Å². The third kappa shape index (κ3) is 4.05. The highest BCUT2D eigenvalue weighted by molar-refractivity contribution is 9.11. The van der Waals surface area contributed by atoms with Crippen LogP contribution in [0.3, 0.4) is 0 Å². The van der Waals surface area contributed by atoms with E-state index in [2.05, 4.69) is 37.2 Å². The number of para-hydroxylation sites is 1. The first-order chi connectivity index (χ1) is 13.1. The number of rotatable bonds is 4. The molecule has 4 aromatic rings. The van der Waals surface area contributed by atoms with Gasteiger partial charge in [-0.2, -0.15) is 0 Å². The average molecular weight is 504 g/mol. The van der Waals surface area contributed by atoms with E-state index in [4.69, 9.17) is 9.40 Å². The van der Waals surface area contributed by atoms with Crippen LogP contribution >= 0.6 is 43.2 Å². The lowest BCUT2D eigenvalue weighted by Crippen LogP contribution is -2.09. The topological polar surface area (TPSA) is 55.1 Å². The largest absolute Gasteiger partial charge is 0.465 e. The van der Waals surface area contributed by atoms with Crippen LogP contribution in [-0.2, 0) is 4.79 Å². The Labute approximate surface area is 176 Å². The van der Waals surface area contributed by atoms with Crippen molar-refractivity contribution < 1.29 is 9.21 Å². The molecular formula is C20H12Br2N2O2S. The van der Waals surface area contributed by atoms with Crippen LogP contribution in [0.5, 0.6) is 0 Å². The molecule has 0 fully saturated rings. The number of hydrogen-bond donors (Lipinski definition) is 1. The number of anilines is 1. The average Bonchev–Trinajstić information content (AvgIpc) is 3.31. The molecule has 2 aromatic heterocycles. The zero-order valence-corrected chi connectivity index (χ0v) is 17.8. The van der Waals surface area contributed by atoms with E-state index < -0.39 is 0 Å². The molecule has 4 rings (SSSR count). The van der Waals surface area contributed by atoms with E-state index in [1.54, 1.807) is 35.8 Å². The van der Waals surface area contributed by atoms with Crippen LogP contribution in [-0.4, -0.2) is 10.9 Å². The minimum absolute atomic E-state index is 0.253. The van der Waals surface area contributed by atoms with Crippen molar-refractivity contribution in [3.63, 3.8) is 0 Å². The van der Waals surface area contributed by atoms with Crippen molar-refractivity contribution in [2.24, 2.45) is 0 Å². The first-order valence-electron chi connectivity index (χ1n) is 7.98. The summed E-state index contributed by atoms with van der Waals surface area (Å²) >= 11 is 8.65. The number of furan rings is 1. The molecule has 1 amide bonds. The highest BCUT2D eigenvalue weighted by atomic mass is 79.9. The van der Waals surface area contributed by atoms with E-state index in [1.165, 1.54) is 6.08 Å². The molecule has 7 heteroatoms. The predicted molar refractivity (Wildman–Crippen MR) is 117 cm³/mol. The van der Waals surface area contributed by atoms with Crippen molar-refractivity contribution in [3.8, 4) is 10.6 Å². The summed E-state index contributed by atoms with van der Waals surface area (Å²) < 4.78 is 7.97. The highest BCUT2D eigenvalue weighted by Crippen LogP contribution is 2.40. The molecule has 0 saturated carbocycles. The van der Waals surface area contributed by atoms with Gasteiger partial charge in [-0.25, -0.2) is 4.98 Å². The van der Waals surface area contributed by atoms with Gasteiger partial charge in [-0.3, -0.25) is 4.79 Å². The molecule has 0 aliphatic rings. The molecule has 1 N–H and O–H groups in total. The van der Waals surface area contributed by atoms with Crippen molar-refractivity contribution in [3.05, 3.63) is 75.6 Å². The Balaban J connectivity index is 1.70. The van der Waals surface area contributed by atoms with Crippen molar-refractivity contribution in [1.82, 2.24) is 4.98 Å². The molecule has 0 bridgehead atoms.